The normalized spacial score (nSPS) is 15.8. The van der Waals surface area contributed by atoms with E-state index in [0.29, 0.717) is 19.4 Å². The van der Waals surface area contributed by atoms with Gasteiger partial charge in [-0.15, -0.1) is 0 Å². The van der Waals surface area contributed by atoms with Crippen molar-refractivity contribution in [2.24, 2.45) is 0 Å². The van der Waals surface area contributed by atoms with Crippen LogP contribution >= 0.6 is 0 Å². The lowest BCUT2D eigenvalue weighted by molar-refractivity contribution is 0.0678. The van der Waals surface area contributed by atoms with Gasteiger partial charge in [-0.05, 0) is 66.3 Å². The van der Waals surface area contributed by atoms with E-state index in [1.807, 2.05) is 0 Å². The predicted molar refractivity (Wildman–Crippen MR) is 112 cm³/mol. The van der Waals surface area contributed by atoms with Crippen molar-refractivity contribution in [1.82, 2.24) is 14.8 Å². The fourth-order valence-electron chi connectivity index (χ4n) is 4.58. The number of fused-ring (bicyclic) bond motifs is 3. The fraction of sp³-hybridized carbons (Fsp3) is 0.261. The van der Waals surface area contributed by atoms with Crippen molar-refractivity contribution in [3.8, 4) is 5.75 Å². The third-order valence-corrected chi connectivity index (χ3v) is 6.13. The Morgan fingerprint density at radius 3 is 2.19 bits per heavy atom. The molecule has 0 saturated carbocycles. The number of hydrogen-bond acceptors (Lipinski definition) is 5. The second kappa shape index (κ2) is 7.44. The molecule has 0 spiro atoms. The van der Waals surface area contributed by atoms with E-state index in [0.717, 1.165) is 28.5 Å². The van der Waals surface area contributed by atoms with E-state index in [-0.39, 0.29) is 24.0 Å². The molecule has 0 unspecified atom stereocenters. The molecule has 3 aromatic rings. The number of benzene rings is 2. The highest BCUT2D eigenvalue weighted by Crippen LogP contribution is 2.38. The largest absolute Gasteiger partial charge is 0.502 e. The topological polar surface area (TPSA) is 78.7 Å². The maximum atomic E-state index is 14.1. The molecule has 0 radical (unpaired) electrons. The van der Waals surface area contributed by atoms with E-state index >= 15 is 0 Å². The van der Waals surface area contributed by atoms with Crippen LogP contribution in [0.1, 0.15) is 45.7 Å². The van der Waals surface area contributed by atoms with Crippen LogP contribution in [0.3, 0.4) is 0 Å². The number of amides is 1. The first kappa shape index (κ1) is 20.2. The van der Waals surface area contributed by atoms with Gasteiger partial charge in [0.25, 0.3) is 5.91 Å². The maximum Gasteiger partial charge on any atom is 0.279 e. The minimum Gasteiger partial charge on any atom is -0.502 e. The zero-order valence-corrected chi connectivity index (χ0v) is 17.3. The average Bonchev–Trinajstić information content (AvgIpc) is 2.92. The summed E-state index contributed by atoms with van der Waals surface area (Å²) in [5.41, 5.74) is 2.11. The van der Waals surface area contributed by atoms with Crippen molar-refractivity contribution in [2.75, 3.05) is 18.2 Å². The molecule has 2 aliphatic rings. The van der Waals surface area contributed by atoms with Gasteiger partial charge in [0, 0.05) is 6.54 Å². The van der Waals surface area contributed by atoms with Crippen LogP contribution < -0.4 is 10.4 Å². The van der Waals surface area contributed by atoms with Gasteiger partial charge in [0.2, 0.25) is 5.43 Å². The summed E-state index contributed by atoms with van der Waals surface area (Å²) < 4.78 is 28.2. The predicted octanol–water partition coefficient (Wildman–Crippen LogP) is 2.49. The van der Waals surface area contributed by atoms with E-state index in [1.54, 1.807) is 24.1 Å². The number of carbonyl (C=O) groups excluding carboxylic acids is 1. The van der Waals surface area contributed by atoms with Crippen molar-refractivity contribution in [3.05, 3.63) is 92.4 Å². The number of nitrogens with zero attached hydrogens (tertiary/aromatic N) is 4. The highest BCUT2D eigenvalue weighted by Gasteiger charge is 2.38. The van der Waals surface area contributed by atoms with E-state index in [4.69, 9.17) is 0 Å². The van der Waals surface area contributed by atoms with Crippen LogP contribution in [0.5, 0.6) is 5.75 Å². The van der Waals surface area contributed by atoms with Gasteiger partial charge in [-0.2, -0.15) is 9.89 Å². The molecule has 2 heterocycles. The molecule has 5 rings (SSSR count). The Balaban J connectivity index is 1.79. The summed E-state index contributed by atoms with van der Waals surface area (Å²) in [5.74, 6) is -1.94. The minimum atomic E-state index is -0.756. The Bertz CT molecular complexity index is 1250. The van der Waals surface area contributed by atoms with Gasteiger partial charge in [-0.3, -0.25) is 14.6 Å². The van der Waals surface area contributed by atoms with Crippen molar-refractivity contribution < 1.29 is 18.7 Å². The number of carbonyl (C=O) groups is 1. The number of aromatic hydroxyl groups is 1. The summed E-state index contributed by atoms with van der Waals surface area (Å²) in [7, 11) is 0. The molecule has 2 aromatic carbocycles. The summed E-state index contributed by atoms with van der Waals surface area (Å²) in [5, 5.41) is 16.3. The Kier molecular flexibility index (Phi) is 4.69. The van der Waals surface area contributed by atoms with Gasteiger partial charge in [-0.1, -0.05) is 12.1 Å². The lowest BCUT2D eigenvalue weighted by atomic mass is 9.94. The number of aryl methyl sites for hydroxylation is 2. The van der Waals surface area contributed by atoms with Gasteiger partial charge < -0.3 is 10.0 Å². The number of halogens is 2. The molecule has 1 aliphatic heterocycles. The van der Waals surface area contributed by atoms with Gasteiger partial charge in [0.1, 0.15) is 24.5 Å². The van der Waals surface area contributed by atoms with Gasteiger partial charge >= 0.3 is 0 Å². The Morgan fingerprint density at radius 2 is 1.62 bits per heavy atom. The highest BCUT2D eigenvalue weighted by atomic mass is 19.1. The van der Waals surface area contributed by atoms with Crippen LogP contribution in [-0.2, 0) is 12.8 Å². The molecular formula is C23H20F2N4O3. The Labute approximate surface area is 182 Å². The smallest absolute Gasteiger partial charge is 0.279 e. The van der Waals surface area contributed by atoms with Crippen LogP contribution in [0.25, 0.3) is 0 Å². The molecule has 0 fully saturated rings. The standard InChI is InChI=1S/C23H20F2N4O3/c1-2-27-12-28(29-21(23(27)32)22(31)19(30)11-26-29)20-17-7-5-15(24)9-13(17)3-4-14-10-16(25)6-8-18(14)20/h5-11,20,31H,2-4,12H2,1H3. The number of hydrogen-bond donors (Lipinski definition) is 1. The molecule has 1 aliphatic carbocycles. The molecule has 7 nitrogen and oxygen atoms in total. The first-order valence-electron chi connectivity index (χ1n) is 10.3. The minimum absolute atomic E-state index is 0.107. The molecule has 0 bridgehead atoms. The summed E-state index contributed by atoms with van der Waals surface area (Å²) in [6.07, 6.45) is 1.98. The average molecular weight is 438 g/mol. The highest BCUT2D eigenvalue weighted by molar-refractivity contribution is 5.95. The molecule has 32 heavy (non-hydrogen) atoms. The van der Waals surface area contributed by atoms with E-state index < -0.39 is 23.1 Å². The third kappa shape index (κ3) is 3.04. The second-order valence-corrected chi connectivity index (χ2v) is 7.93. The lowest BCUT2D eigenvalue weighted by Crippen LogP contribution is -2.56. The van der Waals surface area contributed by atoms with E-state index in [1.165, 1.54) is 34.0 Å². The van der Waals surface area contributed by atoms with Gasteiger partial charge in [0.05, 0.1) is 6.04 Å². The molecule has 0 saturated heterocycles. The van der Waals surface area contributed by atoms with E-state index in [9.17, 15) is 23.5 Å². The zero-order chi connectivity index (χ0) is 22.6. The third-order valence-electron chi connectivity index (χ3n) is 6.13. The van der Waals surface area contributed by atoms with Crippen molar-refractivity contribution in [1.29, 1.82) is 0 Å². The summed E-state index contributed by atoms with van der Waals surface area (Å²) in [4.78, 5) is 27.7. The Morgan fingerprint density at radius 1 is 1.03 bits per heavy atom. The van der Waals surface area contributed by atoms with Gasteiger partial charge in [0.15, 0.2) is 11.4 Å². The van der Waals surface area contributed by atoms with Crippen LogP contribution in [0.4, 0.5) is 8.78 Å². The molecular weight excluding hydrogens is 418 g/mol. The van der Waals surface area contributed by atoms with Crippen LogP contribution in [-0.4, -0.2) is 39.0 Å². The van der Waals surface area contributed by atoms with Crippen molar-refractivity contribution in [3.63, 3.8) is 0 Å². The van der Waals surface area contributed by atoms with Gasteiger partial charge in [-0.25, -0.2) is 8.78 Å². The first-order valence-corrected chi connectivity index (χ1v) is 10.3. The fourth-order valence-corrected chi connectivity index (χ4v) is 4.58. The molecule has 0 atom stereocenters. The molecule has 1 aromatic heterocycles. The zero-order valence-electron chi connectivity index (χ0n) is 17.3. The molecule has 9 heteroatoms. The summed E-state index contributed by atoms with van der Waals surface area (Å²) >= 11 is 0. The van der Waals surface area contributed by atoms with Crippen LogP contribution in [0, 0.1) is 11.6 Å². The monoisotopic (exact) mass is 438 g/mol. The SMILES string of the molecule is CCN1CN(C2c3ccc(F)cc3CCc3cc(F)ccc32)n2ncc(=O)c(O)c2C1=O. The molecule has 1 N–H and O–H groups in total. The first-order chi connectivity index (χ1) is 15.4. The maximum absolute atomic E-state index is 14.1. The summed E-state index contributed by atoms with van der Waals surface area (Å²) in [6.45, 7) is 2.23. The molecule has 1 amide bonds. The lowest BCUT2D eigenvalue weighted by Gasteiger charge is -2.42. The van der Waals surface area contributed by atoms with Crippen molar-refractivity contribution in [2.45, 2.75) is 25.8 Å². The number of aromatic nitrogens is 2. The van der Waals surface area contributed by atoms with Crippen molar-refractivity contribution >= 4 is 5.91 Å². The Hall–Kier alpha value is -3.75. The van der Waals surface area contributed by atoms with Crippen LogP contribution in [0.2, 0.25) is 0 Å². The molecule has 164 valence electrons. The number of rotatable bonds is 2. The second-order valence-electron chi connectivity index (χ2n) is 7.93. The quantitative estimate of drug-likeness (QED) is 0.665. The van der Waals surface area contributed by atoms with Crippen LogP contribution in [0.15, 0.2) is 47.4 Å². The summed E-state index contributed by atoms with van der Waals surface area (Å²) in [6, 6.07) is 8.47. The van der Waals surface area contributed by atoms with E-state index in [2.05, 4.69) is 5.10 Å².